The summed E-state index contributed by atoms with van der Waals surface area (Å²) in [6.07, 6.45) is 5.05. The first kappa shape index (κ1) is 34.8. The van der Waals surface area contributed by atoms with Gasteiger partial charge in [0.15, 0.2) is 0 Å². The SMILES string of the molecule is CCNC(=O)Nc1nc2c([C@H]3CCCO3)c(F)c(-c3cnc(C(C)(CCCC#N)C(COP(=O)(O)O)N4CCOCC4)nc3)cc2[nH]1. The summed E-state index contributed by atoms with van der Waals surface area (Å²) < 4.78 is 44.6. The van der Waals surface area contributed by atoms with Crippen molar-refractivity contribution in [2.75, 3.05) is 51.4 Å². The van der Waals surface area contributed by atoms with Gasteiger partial charge < -0.3 is 29.6 Å². The summed E-state index contributed by atoms with van der Waals surface area (Å²) in [7, 11) is -4.80. The third-order valence-electron chi connectivity index (χ3n) is 8.65. The lowest BCUT2D eigenvalue weighted by atomic mass is 9.76. The van der Waals surface area contributed by atoms with Crippen molar-refractivity contribution in [2.24, 2.45) is 0 Å². The second kappa shape index (κ2) is 15.1. The number of benzene rings is 1. The second-order valence-corrected chi connectivity index (χ2v) is 13.0. The number of aromatic amines is 1. The number of halogens is 1. The van der Waals surface area contributed by atoms with Crippen molar-refractivity contribution in [1.29, 1.82) is 5.26 Å². The van der Waals surface area contributed by atoms with Crippen molar-refractivity contribution in [2.45, 2.75) is 63.5 Å². The highest BCUT2D eigenvalue weighted by Crippen LogP contribution is 2.42. The maximum absolute atomic E-state index is 16.4. The van der Waals surface area contributed by atoms with Crippen LogP contribution in [-0.2, 0) is 24.0 Å². The predicted molar refractivity (Wildman–Crippen MR) is 169 cm³/mol. The van der Waals surface area contributed by atoms with Gasteiger partial charge >= 0.3 is 13.9 Å². The van der Waals surface area contributed by atoms with E-state index in [2.05, 4.69) is 36.6 Å². The summed E-state index contributed by atoms with van der Waals surface area (Å²) in [5.41, 5.74) is 0.813. The van der Waals surface area contributed by atoms with Crippen LogP contribution in [0.5, 0.6) is 0 Å². The molecule has 4 heterocycles. The van der Waals surface area contributed by atoms with Crippen LogP contribution in [0.25, 0.3) is 22.2 Å². The number of morpholine rings is 1. The molecule has 2 aliphatic rings. The van der Waals surface area contributed by atoms with Crippen molar-refractivity contribution in [1.82, 2.24) is 30.2 Å². The van der Waals surface area contributed by atoms with Gasteiger partial charge in [0.1, 0.15) is 11.6 Å². The van der Waals surface area contributed by atoms with Gasteiger partial charge in [-0.05, 0) is 38.7 Å². The minimum Gasteiger partial charge on any atom is -0.379 e. The van der Waals surface area contributed by atoms with Crippen LogP contribution in [0.15, 0.2) is 18.5 Å². The number of nitrogens with one attached hydrogen (secondary N) is 3. The van der Waals surface area contributed by atoms with Gasteiger partial charge in [-0.2, -0.15) is 5.26 Å². The number of H-pyrrole nitrogens is 1. The molecule has 3 aromatic rings. The Bertz CT molecular complexity index is 1630. The minimum atomic E-state index is -4.80. The number of amides is 2. The van der Waals surface area contributed by atoms with E-state index in [-0.39, 0.29) is 30.1 Å². The lowest BCUT2D eigenvalue weighted by Crippen LogP contribution is -2.55. The van der Waals surface area contributed by atoms with Crippen molar-refractivity contribution in [3.05, 3.63) is 35.7 Å². The molecule has 2 aliphatic heterocycles. The summed E-state index contributed by atoms with van der Waals surface area (Å²) in [4.78, 5) is 50.2. The Labute approximate surface area is 271 Å². The standard InChI is InChI=1S/C30H40FN8O7P/c1-3-33-29(40)38-28-36-21-15-20(25(31)24(26(21)37-28)22-7-6-12-45-22)19-16-34-27(35-17-19)30(2,8-4-5-9-32)23(18-46-47(41,42)43)39-10-13-44-14-11-39/h15-17,22-23H,3-8,10-14,18H2,1-2H3,(H2,41,42,43)(H3,33,36,37,38,40)/t22-,23?,30?/m1/s1. The van der Waals surface area contributed by atoms with Crippen molar-refractivity contribution in [3.8, 4) is 17.2 Å². The molecule has 1 aromatic carbocycles. The van der Waals surface area contributed by atoms with Gasteiger partial charge in [-0.25, -0.2) is 28.7 Å². The molecule has 254 valence electrons. The fourth-order valence-electron chi connectivity index (χ4n) is 6.31. The van der Waals surface area contributed by atoms with Gasteiger partial charge in [0.2, 0.25) is 5.95 Å². The van der Waals surface area contributed by atoms with Crippen molar-refractivity contribution >= 4 is 30.8 Å². The molecule has 0 aliphatic carbocycles. The van der Waals surface area contributed by atoms with E-state index in [1.807, 2.05) is 11.8 Å². The number of rotatable bonds is 13. The molecular formula is C30H40FN8O7P. The molecule has 2 saturated heterocycles. The fourth-order valence-corrected chi connectivity index (χ4v) is 6.64. The van der Waals surface area contributed by atoms with Crippen LogP contribution in [0, 0.1) is 17.1 Å². The lowest BCUT2D eigenvalue weighted by molar-refractivity contribution is -0.0216. The predicted octanol–water partition coefficient (Wildman–Crippen LogP) is 3.91. The first-order valence-corrected chi connectivity index (χ1v) is 17.2. The molecule has 47 heavy (non-hydrogen) atoms. The monoisotopic (exact) mass is 674 g/mol. The van der Waals surface area contributed by atoms with E-state index in [0.717, 1.165) is 6.42 Å². The van der Waals surface area contributed by atoms with E-state index < -0.39 is 37.2 Å². The number of urea groups is 1. The summed E-state index contributed by atoms with van der Waals surface area (Å²) >= 11 is 0. The molecule has 5 N–H and O–H groups in total. The Kier molecular flexibility index (Phi) is 11.2. The Morgan fingerprint density at radius 3 is 2.70 bits per heavy atom. The van der Waals surface area contributed by atoms with Crippen LogP contribution in [0.1, 0.15) is 63.4 Å². The van der Waals surface area contributed by atoms with Crippen LogP contribution in [-0.4, -0.2) is 92.8 Å². The zero-order valence-corrected chi connectivity index (χ0v) is 27.3. The van der Waals surface area contributed by atoms with Gasteiger partial charge in [0, 0.05) is 73.2 Å². The summed E-state index contributed by atoms with van der Waals surface area (Å²) in [5.74, 6) is -0.0104. The highest BCUT2D eigenvalue weighted by molar-refractivity contribution is 7.46. The number of nitrogens with zero attached hydrogens (tertiary/aromatic N) is 5. The molecular weight excluding hydrogens is 634 g/mol. The number of anilines is 1. The number of phosphoric ester groups is 1. The zero-order valence-electron chi connectivity index (χ0n) is 26.4. The van der Waals surface area contributed by atoms with Crippen LogP contribution < -0.4 is 10.6 Å². The Hall–Kier alpha value is -3.55. The highest BCUT2D eigenvalue weighted by atomic mass is 31.2. The smallest absolute Gasteiger partial charge is 0.379 e. The van der Waals surface area contributed by atoms with E-state index in [0.29, 0.717) is 81.1 Å². The van der Waals surface area contributed by atoms with E-state index >= 15 is 4.39 Å². The number of hydrogen-bond acceptors (Lipinski definition) is 10. The average Bonchev–Trinajstić information content (AvgIpc) is 3.71. The minimum absolute atomic E-state index is 0.160. The van der Waals surface area contributed by atoms with E-state index in [1.165, 1.54) is 12.4 Å². The molecule has 0 bridgehead atoms. The normalized spacial score (nSPS) is 19.3. The number of carbonyl (C=O) groups excluding carboxylic acids is 1. The van der Waals surface area contributed by atoms with Crippen LogP contribution in [0.4, 0.5) is 15.1 Å². The molecule has 3 atom stereocenters. The Balaban J connectivity index is 1.54. The summed E-state index contributed by atoms with van der Waals surface area (Å²) in [5, 5.41) is 14.5. The first-order chi connectivity index (χ1) is 22.5. The molecule has 0 spiro atoms. The van der Waals surface area contributed by atoms with Crippen LogP contribution >= 0.6 is 7.82 Å². The largest absolute Gasteiger partial charge is 0.469 e. The zero-order chi connectivity index (χ0) is 33.6. The van der Waals surface area contributed by atoms with Crippen LogP contribution in [0.3, 0.4) is 0 Å². The van der Waals surface area contributed by atoms with Gasteiger partial charge in [-0.3, -0.25) is 14.7 Å². The average molecular weight is 675 g/mol. The van der Waals surface area contributed by atoms with E-state index in [1.54, 1.807) is 13.0 Å². The number of nitriles is 1. The number of aromatic nitrogens is 4. The third-order valence-corrected chi connectivity index (χ3v) is 9.14. The quantitative estimate of drug-likeness (QED) is 0.129. The van der Waals surface area contributed by atoms with Crippen molar-refractivity contribution in [3.63, 3.8) is 0 Å². The van der Waals surface area contributed by atoms with Crippen molar-refractivity contribution < 1.29 is 37.5 Å². The molecule has 5 rings (SSSR count). The second-order valence-electron chi connectivity index (χ2n) is 11.8. The summed E-state index contributed by atoms with van der Waals surface area (Å²) in [6, 6.07) is 2.72. The molecule has 17 heteroatoms. The topological polar surface area (TPSA) is 208 Å². The molecule has 2 unspecified atom stereocenters. The van der Waals surface area contributed by atoms with Gasteiger partial charge in [-0.1, -0.05) is 6.92 Å². The Morgan fingerprint density at radius 2 is 2.06 bits per heavy atom. The number of fused-ring (bicyclic) bond motifs is 1. The number of unbranched alkanes of at least 4 members (excludes halogenated alkanes) is 1. The maximum Gasteiger partial charge on any atom is 0.469 e. The molecule has 2 fully saturated rings. The molecule has 15 nitrogen and oxygen atoms in total. The number of phosphoric acid groups is 1. The van der Waals surface area contributed by atoms with E-state index in [4.69, 9.17) is 14.0 Å². The third kappa shape index (κ3) is 8.13. The van der Waals surface area contributed by atoms with Gasteiger partial charge in [-0.15, -0.1) is 0 Å². The fraction of sp³-hybridized carbons (Fsp3) is 0.567. The highest BCUT2D eigenvalue weighted by Gasteiger charge is 2.43. The maximum atomic E-state index is 16.4. The Morgan fingerprint density at radius 1 is 1.32 bits per heavy atom. The number of ether oxygens (including phenoxy) is 2. The van der Waals surface area contributed by atoms with Gasteiger partial charge in [0.25, 0.3) is 0 Å². The number of hydrogen-bond donors (Lipinski definition) is 5. The molecule has 2 amide bonds. The van der Waals surface area contributed by atoms with E-state index in [9.17, 15) is 24.4 Å². The lowest BCUT2D eigenvalue weighted by Gasteiger charge is -2.44. The van der Waals surface area contributed by atoms with Crippen LogP contribution in [0.2, 0.25) is 0 Å². The number of carbonyl (C=O) groups is 1. The molecule has 2 aromatic heterocycles. The van der Waals surface area contributed by atoms with Gasteiger partial charge in [0.05, 0.1) is 43.0 Å². The number of imidazole rings is 1. The summed E-state index contributed by atoms with van der Waals surface area (Å²) in [6.45, 7) is 6.15. The molecule has 0 saturated carbocycles. The molecule has 0 radical (unpaired) electrons. The first-order valence-electron chi connectivity index (χ1n) is 15.6.